The predicted molar refractivity (Wildman–Crippen MR) is 63.4 cm³/mol. The maximum absolute atomic E-state index is 10.8. The highest BCUT2D eigenvalue weighted by Gasteiger charge is 2.46. The molecule has 0 amide bonds. The third kappa shape index (κ3) is 3.62. The van der Waals surface area contributed by atoms with E-state index in [1.165, 1.54) is 13.8 Å². The lowest BCUT2D eigenvalue weighted by atomic mass is 9.91. The van der Waals surface area contributed by atoms with Crippen LogP contribution in [0.5, 0.6) is 0 Å². The second kappa shape index (κ2) is 6.60. The van der Waals surface area contributed by atoms with Crippen molar-refractivity contribution < 1.29 is 34.7 Å². The number of aliphatic carboxylic acids is 1. The van der Waals surface area contributed by atoms with Crippen LogP contribution in [0.4, 0.5) is 0 Å². The van der Waals surface area contributed by atoms with Gasteiger partial charge in [-0.2, -0.15) is 0 Å². The van der Waals surface area contributed by atoms with Crippen LogP contribution in [0.1, 0.15) is 13.8 Å². The van der Waals surface area contributed by atoms with Gasteiger partial charge in [0.1, 0.15) is 24.4 Å². The van der Waals surface area contributed by atoms with Gasteiger partial charge in [0.2, 0.25) is 0 Å². The van der Waals surface area contributed by atoms with E-state index < -0.39 is 55.2 Å². The normalized spacial score (nSPS) is 38.7. The van der Waals surface area contributed by atoms with Crippen molar-refractivity contribution in [2.45, 2.75) is 56.5 Å². The number of aliphatic hydroxyl groups excluding tert-OH is 3. The molecular formula is C11H21NO7. The van der Waals surface area contributed by atoms with Gasteiger partial charge in [-0.15, -0.1) is 0 Å². The molecule has 2 unspecified atom stereocenters. The largest absolute Gasteiger partial charge is 0.479 e. The standard InChI is InChI=1S/C11H21NO7/c1-4(14)9-7(12)10(18-5(2)11(16)17)8(15)6(3-13)19-9/h4-10,13-15H,3,12H2,1-2H3,(H,16,17)/t4?,5-,6-,7+,8-,9?,10-/m1/s1. The van der Waals surface area contributed by atoms with Crippen molar-refractivity contribution in [1.82, 2.24) is 0 Å². The predicted octanol–water partition coefficient (Wildman–Crippen LogP) is -2.33. The van der Waals surface area contributed by atoms with Crippen molar-refractivity contribution in [2.75, 3.05) is 6.61 Å². The van der Waals surface area contributed by atoms with Crippen LogP contribution in [0, 0.1) is 0 Å². The van der Waals surface area contributed by atoms with Gasteiger partial charge in [-0.25, -0.2) is 4.79 Å². The molecule has 1 aliphatic rings. The molecule has 0 saturated carbocycles. The molecule has 0 radical (unpaired) electrons. The summed E-state index contributed by atoms with van der Waals surface area (Å²) in [7, 11) is 0. The molecule has 1 heterocycles. The number of hydrogen-bond donors (Lipinski definition) is 5. The lowest BCUT2D eigenvalue weighted by Crippen LogP contribution is -2.65. The number of nitrogens with two attached hydrogens (primary N) is 1. The fourth-order valence-corrected chi connectivity index (χ4v) is 2.05. The molecule has 0 spiro atoms. The third-order valence-corrected chi connectivity index (χ3v) is 3.17. The molecule has 0 aromatic rings. The van der Waals surface area contributed by atoms with E-state index in [4.69, 9.17) is 25.4 Å². The quantitative estimate of drug-likeness (QED) is 0.377. The van der Waals surface area contributed by atoms with Crippen molar-refractivity contribution in [3.8, 4) is 0 Å². The Labute approximate surface area is 110 Å². The number of rotatable bonds is 5. The number of carboxylic acid groups (broad SMARTS) is 1. The first kappa shape index (κ1) is 16.3. The average Bonchev–Trinajstić information content (AvgIpc) is 2.33. The molecule has 1 aliphatic heterocycles. The molecule has 1 saturated heterocycles. The molecule has 8 nitrogen and oxygen atoms in total. The minimum Gasteiger partial charge on any atom is -0.479 e. The summed E-state index contributed by atoms with van der Waals surface area (Å²) in [6, 6.07) is -0.903. The van der Waals surface area contributed by atoms with Crippen LogP contribution in [0.3, 0.4) is 0 Å². The van der Waals surface area contributed by atoms with E-state index in [0.29, 0.717) is 0 Å². The topological polar surface area (TPSA) is 142 Å². The van der Waals surface area contributed by atoms with E-state index in [1.807, 2.05) is 0 Å². The molecule has 1 fully saturated rings. The van der Waals surface area contributed by atoms with E-state index >= 15 is 0 Å². The first-order valence-electron chi connectivity index (χ1n) is 6.05. The second-order valence-electron chi connectivity index (χ2n) is 4.71. The first-order chi connectivity index (χ1) is 8.79. The highest BCUT2D eigenvalue weighted by atomic mass is 16.6. The molecule has 0 aliphatic carbocycles. The Hall–Kier alpha value is -0.770. The third-order valence-electron chi connectivity index (χ3n) is 3.17. The summed E-state index contributed by atoms with van der Waals surface area (Å²) in [5, 5.41) is 37.5. The van der Waals surface area contributed by atoms with E-state index in [9.17, 15) is 15.0 Å². The highest BCUT2D eigenvalue weighted by Crippen LogP contribution is 2.25. The van der Waals surface area contributed by atoms with E-state index in [1.54, 1.807) is 0 Å². The molecule has 0 aromatic carbocycles. The van der Waals surface area contributed by atoms with Gasteiger partial charge in [-0.3, -0.25) is 0 Å². The monoisotopic (exact) mass is 279 g/mol. The average molecular weight is 279 g/mol. The fourth-order valence-electron chi connectivity index (χ4n) is 2.05. The molecule has 7 atom stereocenters. The van der Waals surface area contributed by atoms with Crippen molar-refractivity contribution in [3.63, 3.8) is 0 Å². The van der Waals surface area contributed by atoms with Crippen LogP contribution in [-0.4, -0.2) is 75.7 Å². The number of aliphatic hydroxyl groups is 3. The Morgan fingerprint density at radius 1 is 1.47 bits per heavy atom. The zero-order valence-electron chi connectivity index (χ0n) is 10.8. The lowest BCUT2D eigenvalue weighted by molar-refractivity contribution is -0.229. The molecule has 8 heteroatoms. The Balaban J connectivity index is 2.87. The Kier molecular flexibility index (Phi) is 5.65. The maximum Gasteiger partial charge on any atom is 0.332 e. The number of carboxylic acids is 1. The molecular weight excluding hydrogens is 258 g/mol. The van der Waals surface area contributed by atoms with Crippen LogP contribution in [0.15, 0.2) is 0 Å². The van der Waals surface area contributed by atoms with Crippen LogP contribution in [0.2, 0.25) is 0 Å². The summed E-state index contributed by atoms with van der Waals surface area (Å²) in [4.78, 5) is 10.8. The first-order valence-corrected chi connectivity index (χ1v) is 6.05. The van der Waals surface area contributed by atoms with Crippen molar-refractivity contribution in [2.24, 2.45) is 5.73 Å². The van der Waals surface area contributed by atoms with E-state index in [0.717, 1.165) is 0 Å². The van der Waals surface area contributed by atoms with Gasteiger partial charge in [0, 0.05) is 0 Å². The van der Waals surface area contributed by atoms with E-state index in [2.05, 4.69) is 0 Å². The Bertz CT molecular complexity index is 311. The van der Waals surface area contributed by atoms with Gasteiger partial charge in [0.15, 0.2) is 6.10 Å². The summed E-state index contributed by atoms with van der Waals surface area (Å²) < 4.78 is 10.5. The lowest BCUT2D eigenvalue weighted by Gasteiger charge is -2.44. The number of carbonyl (C=O) groups is 1. The molecule has 112 valence electrons. The second-order valence-corrected chi connectivity index (χ2v) is 4.71. The van der Waals surface area contributed by atoms with Gasteiger partial charge in [-0.1, -0.05) is 0 Å². The number of hydrogen-bond acceptors (Lipinski definition) is 7. The van der Waals surface area contributed by atoms with Gasteiger partial charge in [0.05, 0.1) is 18.8 Å². The fraction of sp³-hybridized carbons (Fsp3) is 0.909. The van der Waals surface area contributed by atoms with Crippen LogP contribution < -0.4 is 5.73 Å². The van der Waals surface area contributed by atoms with E-state index in [-0.39, 0.29) is 0 Å². The van der Waals surface area contributed by atoms with Crippen LogP contribution in [0.25, 0.3) is 0 Å². The smallest absolute Gasteiger partial charge is 0.332 e. The van der Waals surface area contributed by atoms with Crippen LogP contribution >= 0.6 is 0 Å². The summed E-state index contributed by atoms with van der Waals surface area (Å²) in [5.74, 6) is -1.19. The SMILES string of the molecule is CC(O)C1O[C@H](CO)[C@@H](O)[C@H](O[C@H](C)C(=O)O)[C@H]1N. The van der Waals surface area contributed by atoms with Crippen molar-refractivity contribution in [1.29, 1.82) is 0 Å². The van der Waals surface area contributed by atoms with Gasteiger partial charge < -0.3 is 35.6 Å². The maximum atomic E-state index is 10.8. The minimum atomic E-state index is -1.27. The molecule has 1 rings (SSSR count). The number of ether oxygens (including phenoxy) is 2. The highest BCUT2D eigenvalue weighted by molar-refractivity contribution is 5.71. The molecule has 0 bridgehead atoms. The minimum absolute atomic E-state index is 0.488. The van der Waals surface area contributed by atoms with Crippen molar-refractivity contribution in [3.05, 3.63) is 0 Å². The summed E-state index contributed by atoms with van der Waals surface area (Å²) >= 11 is 0. The van der Waals surface area contributed by atoms with Crippen LogP contribution in [-0.2, 0) is 14.3 Å². The molecule has 0 aromatic heterocycles. The zero-order chi connectivity index (χ0) is 14.7. The zero-order valence-corrected chi connectivity index (χ0v) is 10.8. The van der Waals surface area contributed by atoms with Gasteiger partial charge in [0.25, 0.3) is 0 Å². The summed E-state index contributed by atoms with van der Waals surface area (Å²) in [5.41, 5.74) is 5.84. The van der Waals surface area contributed by atoms with Gasteiger partial charge >= 0.3 is 5.97 Å². The molecule has 6 N–H and O–H groups in total. The summed E-state index contributed by atoms with van der Waals surface area (Å²) in [6.45, 7) is 2.27. The summed E-state index contributed by atoms with van der Waals surface area (Å²) in [6.07, 6.45) is -6.26. The van der Waals surface area contributed by atoms with Gasteiger partial charge in [-0.05, 0) is 13.8 Å². The Morgan fingerprint density at radius 3 is 2.47 bits per heavy atom. The Morgan fingerprint density at radius 2 is 2.05 bits per heavy atom. The van der Waals surface area contributed by atoms with Crippen molar-refractivity contribution >= 4 is 5.97 Å². The molecule has 19 heavy (non-hydrogen) atoms.